The summed E-state index contributed by atoms with van der Waals surface area (Å²) in [5.41, 5.74) is -0.908. The third kappa shape index (κ3) is 1.95. The Balaban J connectivity index is 2.59. The second kappa shape index (κ2) is 3.84. The molecule has 2 rings (SSSR count). The van der Waals surface area contributed by atoms with Crippen LogP contribution in [-0.2, 0) is 4.79 Å². The van der Waals surface area contributed by atoms with Crippen molar-refractivity contribution in [2.24, 2.45) is 0 Å². The molecule has 92 valence electrons. The maximum atomic E-state index is 12.3. The summed E-state index contributed by atoms with van der Waals surface area (Å²) in [5.74, 6) is 0.784. The minimum absolute atomic E-state index is 0.0182. The predicted molar refractivity (Wildman–Crippen MR) is 64.4 cm³/mol. The van der Waals surface area contributed by atoms with Crippen LogP contribution in [0.2, 0.25) is 5.28 Å². The number of aromatic nitrogens is 2. The maximum Gasteiger partial charge on any atom is 0.272 e. The zero-order chi connectivity index (χ0) is 12.8. The molecule has 17 heavy (non-hydrogen) atoms. The van der Waals surface area contributed by atoms with E-state index in [1.807, 2.05) is 13.8 Å². The first kappa shape index (κ1) is 12.1. The number of hydrogen-bond donors (Lipinski definition) is 0. The smallest absolute Gasteiger partial charge is 0.272 e. The van der Waals surface area contributed by atoms with E-state index in [4.69, 9.17) is 16.3 Å². The molecular weight excluding hydrogens is 242 g/mol. The topological polar surface area (TPSA) is 55.3 Å². The Kier molecular flexibility index (Phi) is 2.73. The molecule has 1 aromatic rings. The van der Waals surface area contributed by atoms with Gasteiger partial charge in [0.05, 0.1) is 6.20 Å². The fourth-order valence-electron chi connectivity index (χ4n) is 1.77. The van der Waals surface area contributed by atoms with Crippen LogP contribution in [-0.4, -0.2) is 27.5 Å². The molecule has 0 unspecified atom stereocenters. The molecule has 1 aliphatic heterocycles. The van der Waals surface area contributed by atoms with Crippen molar-refractivity contribution in [2.45, 2.75) is 39.3 Å². The van der Waals surface area contributed by atoms with Crippen molar-refractivity contribution in [3.63, 3.8) is 0 Å². The predicted octanol–water partition coefficient (Wildman–Crippen LogP) is 2.04. The lowest BCUT2D eigenvalue weighted by molar-refractivity contribution is -0.133. The summed E-state index contributed by atoms with van der Waals surface area (Å²) in [5, 5.41) is 0.102. The summed E-state index contributed by atoms with van der Waals surface area (Å²) in [7, 11) is 0. The zero-order valence-corrected chi connectivity index (χ0v) is 10.9. The first-order chi connectivity index (χ1) is 7.83. The number of ether oxygens (including phenoxy) is 1. The highest BCUT2D eigenvalue weighted by atomic mass is 35.5. The molecule has 1 aliphatic rings. The molecule has 0 spiro atoms. The third-order valence-corrected chi connectivity index (χ3v) is 2.73. The van der Waals surface area contributed by atoms with Crippen LogP contribution >= 0.6 is 11.6 Å². The highest BCUT2D eigenvalue weighted by Gasteiger charge is 2.43. The van der Waals surface area contributed by atoms with Gasteiger partial charge in [-0.3, -0.25) is 9.69 Å². The van der Waals surface area contributed by atoms with Crippen molar-refractivity contribution in [3.8, 4) is 5.75 Å². The summed E-state index contributed by atoms with van der Waals surface area (Å²) < 4.78 is 5.59. The van der Waals surface area contributed by atoms with Gasteiger partial charge in [0, 0.05) is 6.04 Å². The summed E-state index contributed by atoms with van der Waals surface area (Å²) in [6.07, 6.45) is 1.49. The zero-order valence-electron chi connectivity index (χ0n) is 10.2. The molecule has 0 radical (unpaired) electrons. The number of carbonyl (C=O) groups excluding carboxylic acids is 1. The lowest BCUT2D eigenvalue weighted by Crippen LogP contribution is -2.55. The van der Waals surface area contributed by atoms with E-state index in [9.17, 15) is 4.79 Å². The molecule has 0 N–H and O–H groups in total. The van der Waals surface area contributed by atoms with Crippen molar-refractivity contribution < 1.29 is 9.53 Å². The highest BCUT2D eigenvalue weighted by Crippen LogP contribution is 2.37. The van der Waals surface area contributed by atoms with E-state index in [2.05, 4.69) is 9.97 Å². The van der Waals surface area contributed by atoms with Gasteiger partial charge < -0.3 is 4.74 Å². The number of anilines is 1. The van der Waals surface area contributed by atoms with Crippen molar-refractivity contribution in [1.82, 2.24) is 9.97 Å². The molecule has 5 nitrogen and oxygen atoms in total. The van der Waals surface area contributed by atoms with Gasteiger partial charge in [0.25, 0.3) is 5.91 Å². The minimum atomic E-state index is -0.908. The number of fused-ring (bicyclic) bond motifs is 1. The quantitative estimate of drug-likeness (QED) is 0.721. The van der Waals surface area contributed by atoms with Crippen LogP contribution in [0, 0.1) is 0 Å². The van der Waals surface area contributed by atoms with Gasteiger partial charge in [0.2, 0.25) is 5.28 Å². The average Bonchev–Trinajstić information content (AvgIpc) is 2.20. The Morgan fingerprint density at radius 3 is 2.71 bits per heavy atom. The second-order valence-electron chi connectivity index (χ2n) is 4.71. The fourth-order valence-corrected chi connectivity index (χ4v) is 1.90. The van der Waals surface area contributed by atoms with E-state index < -0.39 is 5.60 Å². The Bertz CT molecular complexity index is 474. The van der Waals surface area contributed by atoms with Gasteiger partial charge in [-0.15, -0.1) is 0 Å². The number of hydrogen-bond acceptors (Lipinski definition) is 4. The largest absolute Gasteiger partial charge is 0.472 e. The molecule has 2 heterocycles. The van der Waals surface area contributed by atoms with Gasteiger partial charge in [0.1, 0.15) is 0 Å². The first-order valence-electron chi connectivity index (χ1n) is 5.38. The van der Waals surface area contributed by atoms with Crippen LogP contribution in [0.3, 0.4) is 0 Å². The molecule has 6 heteroatoms. The summed E-state index contributed by atoms with van der Waals surface area (Å²) in [4.78, 5) is 21.8. The average molecular weight is 256 g/mol. The molecule has 0 fully saturated rings. The lowest BCUT2D eigenvalue weighted by atomic mass is 10.0. The number of rotatable bonds is 1. The van der Waals surface area contributed by atoms with Crippen LogP contribution in [0.1, 0.15) is 27.7 Å². The molecule has 0 atom stereocenters. The molecule has 1 amide bonds. The van der Waals surface area contributed by atoms with Gasteiger partial charge in [0.15, 0.2) is 17.2 Å². The van der Waals surface area contributed by atoms with Gasteiger partial charge in [-0.2, -0.15) is 4.98 Å². The maximum absolute atomic E-state index is 12.3. The summed E-state index contributed by atoms with van der Waals surface area (Å²) in [6.45, 7) is 7.28. The van der Waals surface area contributed by atoms with Crippen LogP contribution in [0.25, 0.3) is 0 Å². The van der Waals surface area contributed by atoms with E-state index in [0.29, 0.717) is 11.6 Å². The molecule has 0 bridgehead atoms. The van der Waals surface area contributed by atoms with Gasteiger partial charge in [-0.25, -0.2) is 4.98 Å². The number of amides is 1. The Morgan fingerprint density at radius 2 is 2.12 bits per heavy atom. The Morgan fingerprint density at radius 1 is 1.47 bits per heavy atom. The van der Waals surface area contributed by atoms with Crippen LogP contribution in [0.4, 0.5) is 5.82 Å². The Hall–Kier alpha value is -1.36. The molecule has 0 aromatic carbocycles. The lowest BCUT2D eigenvalue weighted by Gasteiger charge is -2.39. The molecule has 0 saturated heterocycles. The first-order valence-corrected chi connectivity index (χ1v) is 5.76. The second-order valence-corrected chi connectivity index (χ2v) is 5.05. The van der Waals surface area contributed by atoms with Gasteiger partial charge in [-0.1, -0.05) is 0 Å². The van der Waals surface area contributed by atoms with E-state index in [1.165, 1.54) is 6.20 Å². The van der Waals surface area contributed by atoms with E-state index >= 15 is 0 Å². The number of carbonyl (C=O) groups is 1. The van der Waals surface area contributed by atoms with Crippen molar-refractivity contribution in [3.05, 3.63) is 11.5 Å². The standard InChI is InChI=1S/C11H14ClN3O2/c1-6(2)15-8-7(5-13-10(12)14-8)17-11(3,4)9(15)16/h5-6H,1-4H3. The number of nitrogens with zero attached hydrogens (tertiary/aromatic N) is 3. The van der Waals surface area contributed by atoms with Crippen LogP contribution in [0.15, 0.2) is 6.20 Å². The monoisotopic (exact) mass is 255 g/mol. The van der Waals surface area contributed by atoms with Gasteiger partial charge >= 0.3 is 0 Å². The van der Waals surface area contributed by atoms with E-state index in [1.54, 1.807) is 18.7 Å². The third-order valence-electron chi connectivity index (χ3n) is 2.55. The SMILES string of the molecule is CC(C)N1C(=O)C(C)(C)Oc2cnc(Cl)nc21. The fraction of sp³-hybridized carbons (Fsp3) is 0.545. The van der Waals surface area contributed by atoms with Crippen molar-refractivity contribution in [1.29, 1.82) is 0 Å². The van der Waals surface area contributed by atoms with Crippen LogP contribution in [0.5, 0.6) is 5.75 Å². The molecule has 0 aliphatic carbocycles. The minimum Gasteiger partial charge on any atom is -0.472 e. The normalized spacial score (nSPS) is 18.0. The van der Waals surface area contributed by atoms with E-state index in [-0.39, 0.29) is 17.2 Å². The molecule has 0 saturated carbocycles. The molecule has 1 aromatic heterocycles. The highest BCUT2D eigenvalue weighted by molar-refractivity contribution is 6.28. The Labute approximate surface area is 105 Å². The van der Waals surface area contributed by atoms with Crippen molar-refractivity contribution in [2.75, 3.05) is 4.90 Å². The van der Waals surface area contributed by atoms with Crippen molar-refractivity contribution >= 4 is 23.3 Å². The van der Waals surface area contributed by atoms with E-state index in [0.717, 1.165) is 0 Å². The number of halogens is 1. The molecular formula is C11H14ClN3O2. The van der Waals surface area contributed by atoms with Crippen LogP contribution < -0.4 is 9.64 Å². The summed E-state index contributed by atoms with van der Waals surface area (Å²) in [6, 6.07) is -0.0182. The van der Waals surface area contributed by atoms with Gasteiger partial charge in [-0.05, 0) is 39.3 Å². The summed E-state index contributed by atoms with van der Waals surface area (Å²) >= 11 is 5.75.